The second-order valence-corrected chi connectivity index (χ2v) is 7.64. The molecule has 0 N–H and O–H groups in total. The lowest BCUT2D eigenvalue weighted by molar-refractivity contribution is 0.297. The fourth-order valence-electron chi connectivity index (χ4n) is 2.38. The second-order valence-electron chi connectivity index (χ2n) is 4.58. The van der Waals surface area contributed by atoms with Crippen LogP contribution in [0.2, 0.25) is 0 Å². The van der Waals surface area contributed by atoms with Gasteiger partial charge in [0.05, 0.1) is 11.7 Å². The summed E-state index contributed by atoms with van der Waals surface area (Å²) in [6.45, 7) is 2.37. The molecule has 0 aromatic carbocycles. The van der Waals surface area contributed by atoms with E-state index in [9.17, 15) is 8.42 Å². The molecule has 0 bridgehead atoms. The van der Waals surface area contributed by atoms with Gasteiger partial charge in [0.15, 0.2) is 5.76 Å². The van der Waals surface area contributed by atoms with Crippen LogP contribution in [0.15, 0.2) is 32.3 Å². The van der Waals surface area contributed by atoms with Gasteiger partial charge in [-0.15, -0.1) is 11.3 Å². The summed E-state index contributed by atoms with van der Waals surface area (Å²) in [6, 6.07) is 4.98. The van der Waals surface area contributed by atoms with Crippen LogP contribution in [0.4, 0.5) is 0 Å². The van der Waals surface area contributed by atoms with Crippen LogP contribution in [-0.2, 0) is 10.0 Å². The van der Waals surface area contributed by atoms with E-state index >= 15 is 0 Å². The molecule has 1 saturated heterocycles. The lowest BCUT2D eigenvalue weighted by atomic mass is 10.2. The Balaban J connectivity index is 1.96. The van der Waals surface area contributed by atoms with Gasteiger partial charge in [0, 0.05) is 12.6 Å². The van der Waals surface area contributed by atoms with Gasteiger partial charge in [-0.25, -0.2) is 8.42 Å². The number of hydrogen-bond donors (Lipinski definition) is 0. The molecule has 0 amide bonds. The molecule has 0 aliphatic carbocycles. The van der Waals surface area contributed by atoms with Gasteiger partial charge in [0.25, 0.3) is 10.0 Å². The predicted molar refractivity (Wildman–Crippen MR) is 71.4 cm³/mol. The van der Waals surface area contributed by atoms with Crippen molar-refractivity contribution in [3.63, 3.8) is 0 Å². The first-order chi connectivity index (χ1) is 9.09. The summed E-state index contributed by atoms with van der Waals surface area (Å²) in [5.74, 6) is 0.634. The maximum atomic E-state index is 12.6. The third kappa shape index (κ3) is 2.22. The minimum Gasteiger partial charge on any atom is -0.359 e. The van der Waals surface area contributed by atoms with Crippen LogP contribution < -0.4 is 0 Å². The smallest absolute Gasteiger partial charge is 0.253 e. The third-order valence-corrected chi connectivity index (χ3v) is 6.52. The van der Waals surface area contributed by atoms with Gasteiger partial charge in [0.2, 0.25) is 0 Å². The van der Waals surface area contributed by atoms with Crippen molar-refractivity contribution in [2.24, 2.45) is 0 Å². The fourth-order valence-corrected chi connectivity index (χ4v) is 5.16. The Labute approximate surface area is 115 Å². The van der Waals surface area contributed by atoms with E-state index in [1.54, 1.807) is 17.5 Å². The van der Waals surface area contributed by atoms with Crippen molar-refractivity contribution in [3.8, 4) is 0 Å². The summed E-state index contributed by atoms with van der Waals surface area (Å²) in [5, 5.41) is 5.62. The highest BCUT2D eigenvalue weighted by Gasteiger charge is 2.38. The Morgan fingerprint density at radius 1 is 1.53 bits per heavy atom. The molecular formula is C12H14N2O3S2. The van der Waals surface area contributed by atoms with Crippen LogP contribution in [0.1, 0.15) is 30.3 Å². The van der Waals surface area contributed by atoms with Crippen molar-refractivity contribution in [1.29, 1.82) is 0 Å². The van der Waals surface area contributed by atoms with Gasteiger partial charge in [-0.2, -0.15) is 4.31 Å². The summed E-state index contributed by atoms with van der Waals surface area (Å²) in [7, 11) is -3.42. The number of thiophene rings is 1. The third-order valence-electron chi connectivity index (χ3n) is 3.24. The zero-order valence-electron chi connectivity index (χ0n) is 10.4. The van der Waals surface area contributed by atoms with Crippen LogP contribution in [0, 0.1) is 6.92 Å². The van der Waals surface area contributed by atoms with Crippen molar-refractivity contribution in [1.82, 2.24) is 9.46 Å². The number of hydrogen-bond acceptors (Lipinski definition) is 5. The molecule has 1 aliphatic heterocycles. The second kappa shape index (κ2) is 4.73. The predicted octanol–water partition coefficient (Wildman–Crippen LogP) is 2.57. The van der Waals surface area contributed by atoms with Crippen molar-refractivity contribution in [2.75, 3.05) is 6.54 Å². The number of aromatic nitrogens is 1. The standard InChI is InChI=1S/C12H14N2O3S2/c1-9-8-11(17-13-9)10-4-2-6-14(10)19(15,16)12-5-3-7-18-12/h3,5,7-8,10H,2,4,6H2,1H3/t10-/m1/s1. The molecule has 2 aromatic heterocycles. The Morgan fingerprint density at radius 3 is 3.00 bits per heavy atom. The minimum absolute atomic E-state index is 0.228. The van der Waals surface area contributed by atoms with E-state index < -0.39 is 10.0 Å². The summed E-state index contributed by atoms with van der Waals surface area (Å²) in [5.41, 5.74) is 0.773. The molecule has 5 nitrogen and oxygen atoms in total. The summed E-state index contributed by atoms with van der Waals surface area (Å²) < 4.78 is 32.3. The molecule has 19 heavy (non-hydrogen) atoms. The fraction of sp³-hybridized carbons (Fsp3) is 0.417. The highest BCUT2D eigenvalue weighted by Crippen LogP contribution is 2.37. The topological polar surface area (TPSA) is 63.4 Å². The van der Waals surface area contributed by atoms with Crippen molar-refractivity contribution in [3.05, 3.63) is 35.0 Å². The first-order valence-corrected chi connectivity index (χ1v) is 8.39. The van der Waals surface area contributed by atoms with Gasteiger partial charge in [-0.3, -0.25) is 0 Å². The van der Waals surface area contributed by atoms with E-state index in [1.165, 1.54) is 15.6 Å². The Kier molecular flexibility index (Phi) is 3.20. The molecule has 102 valence electrons. The van der Waals surface area contributed by atoms with Gasteiger partial charge < -0.3 is 4.52 Å². The largest absolute Gasteiger partial charge is 0.359 e. The van der Waals surface area contributed by atoms with Gasteiger partial charge >= 0.3 is 0 Å². The molecule has 3 rings (SSSR count). The Bertz CT molecular complexity index is 661. The average Bonchev–Trinajstić information content (AvgIpc) is 3.10. The normalized spacial score (nSPS) is 21.0. The molecule has 1 fully saturated rings. The van der Waals surface area contributed by atoms with Gasteiger partial charge in [-0.1, -0.05) is 11.2 Å². The van der Waals surface area contributed by atoms with E-state index in [0.29, 0.717) is 16.5 Å². The maximum absolute atomic E-state index is 12.6. The number of aryl methyl sites for hydroxylation is 1. The molecule has 0 radical (unpaired) electrons. The zero-order valence-corrected chi connectivity index (χ0v) is 12.1. The number of rotatable bonds is 3. The highest BCUT2D eigenvalue weighted by molar-refractivity contribution is 7.91. The van der Waals surface area contributed by atoms with Gasteiger partial charge in [0.1, 0.15) is 4.21 Å². The molecule has 0 saturated carbocycles. The lowest BCUT2D eigenvalue weighted by Gasteiger charge is -2.21. The van der Waals surface area contributed by atoms with Crippen LogP contribution in [-0.4, -0.2) is 24.4 Å². The summed E-state index contributed by atoms with van der Waals surface area (Å²) >= 11 is 1.24. The van der Waals surface area contributed by atoms with E-state index in [1.807, 2.05) is 13.0 Å². The molecule has 0 spiro atoms. The maximum Gasteiger partial charge on any atom is 0.253 e. The number of nitrogens with zero attached hydrogens (tertiary/aromatic N) is 2. The quantitative estimate of drug-likeness (QED) is 0.873. The summed E-state index contributed by atoms with van der Waals surface area (Å²) in [6.07, 6.45) is 1.62. The van der Waals surface area contributed by atoms with E-state index in [2.05, 4.69) is 5.16 Å². The Morgan fingerprint density at radius 2 is 2.37 bits per heavy atom. The molecule has 7 heteroatoms. The minimum atomic E-state index is -3.42. The van der Waals surface area contributed by atoms with Crippen molar-refractivity contribution < 1.29 is 12.9 Å². The molecular weight excluding hydrogens is 284 g/mol. The Hall–Kier alpha value is -1.18. The van der Waals surface area contributed by atoms with Crippen LogP contribution in [0.3, 0.4) is 0 Å². The van der Waals surface area contributed by atoms with Gasteiger partial charge in [-0.05, 0) is 31.2 Å². The van der Waals surface area contributed by atoms with Crippen molar-refractivity contribution >= 4 is 21.4 Å². The lowest BCUT2D eigenvalue weighted by Crippen LogP contribution is -2.29. The van der Waals surface area contributed by atoms with E-state index in [4.69, 9.17) is 4.52 Å². The molecule has 2 aromatic rings. The van der Waals surface area contributed by atoms with E-state index in [-0.39, 0.29) is 6.04 Å². The molecule has 3 heterocycles. The highest BCUT2D eigenvalue weighted by atomic mass is 32.2. The molecule has 0 unspecified atom stereocenters. The van der Waals surface area contributed by atoms with E-state index in [0.717, 1.165) is 18.5 Å². The summed E-state index contributed by atoms with van der Waals surface area (Å²) in [4.78, 5) is 0. The number of sulfonamides is 1. The first-order valence-electron chi connectivity index (χ1n) is 6.07. The van der Waals surface area contributed by atoms with Crippen LogP contribution in [0.25, 0.3) is 0 Å². The monoisotopic (exact) mass is 298 g/mol. The first kappa shape index (κ1) is 12.8. The molecule has 1 aliphatic rings. The zero-order chi connectivity index (χ0) is 13.5. The van der Waals surface area contributed by atoms with Crippen LogP contribution in [0.5, 0.6) is 0 Å². The van der Waals surface area contributed by atoms with Crippen LogP contribution >= 0.6 is 11.3 Å². The average molecular weight is 298 g/mol. The van der Waals surface area contributed by atoms with Crippen molar-refractivity contribution in [2.45, 2.75) is 30.0 Å². The molecule has 1 atom stereocenters. The SMILES string of the molecule is Cc1cc([C@H]2CCCN2S(=O)(=O)c2cccs2)on1.